The lowest BCUT2D eigenvalue weighted by Gasteiger charge is -2.15. The third kappa shape index (κ3) is 3.29. The number of sulfonamides is 1. The fraction of sp³-hybridized carbons (Fsp3) is 0.231. The maximum Gasteiger partial charge on any atom is 0.275 e. The van der Waals surface area contributed by atoms with E-state index < -0.39 is 15.9 Å². The summed E-state index contributed by atoms with van der Waals surface area (Å²) in [5.41, 5.74) is 0.511. The highest BCUT2D eigenvalue weighted by atomic mass is 32.2. The van der Waals surface area contributed by atoms with E-state index in [1.807, 2.05) is 0 Å². The first-order valence-corrected chi connectivity index (χ1v) is 8.39. The van der Waals surface area contributed by atoms with Crippen LogP contribution >= 0.6 is 11.3 Å². The molecule has 2 rings (SSSR count). The number of hydrogen-bond donors (Lipinski definition) is 1. The van der Waals surface area contributed by atoms with E-state index in [0.717, 1.165) is 9.31 Å². The molecule has 1 N–H and O–H groups in total. The second-order valence-corrected chi connectivity index (χ2v) is 7.67. The van der Waals surface area contributed by atoms with E-state index in [9.17, 15) is 13.2 Å². The third-order valence-corrected chi connectivity index (χ3v) is 5.39. The van der Waals surface area contributed by atoms with Gasteiger partial charge in [-0.05, 0) is 19.1 Å². The smallest absolute Gasteiger partial charge is 0.275 e. The number of thiazole rings is 1. The summed E-state index contributed by atoms with van der Waals surface area (Å²) in [6.45, 7) is 1.80. The molecule has 0 spiro atoms. The van der Waals surface area contributed by atoms with Gasteiger partial charge < -0.3 is 5.32 Å². The van der Waals surface area contributed by atoms with Crippen LogP contribution < -0.4 is 5.32 Å². The van der Waals surface area contributed by atoms with Gasteiger partial charge in [0.15, 0.2) is 0 Å². The first kappa shape index (κ1) is 15.6. The molecule has 0 aliphatic carbocycles. The van der Waals surface area contributed by atoms with Crippen LogP contribution in [0.5, 0.6) is 0 Å². The molecule has 0 saturated carbocycles. The van der Waals surface area contributed by atoms with Crippen LogP contribution in [0.3, 0.4) is 0 Å². The number of nitrogens with zero attached hydrogens (tertiary/aromatic N) is 2. The van der Waals surface area contributed by atoms with Gasteiger partial charge in [0.05, 0.1) is 10.7 Å². The van der Waals surface area contributed by atoms with Crippen LogP contribution in [0.15, 0.2) is 34.5 Å². The fourth-order valence-corrected chi connectivity index (χ4v) is 3.28. The zero-order valence-electron chi connectivity index (χ0n) is 11.8. The summed E-state index contributed by atoms with van der Waals surface area (Å²) in [6.07, 6.45) is 0. The number of benzene rings is 1. The molecule has 6 nitrogen and oxygen atoms in total. The van der Waals surface area contributed by atoms with Crippen molar-refractivity contribution in [3.05, 3.63) is 40.3 Å². The lowest BCUT2D eigenvalue weighted by Crippen LogP contribution is -2.24. The van der Waals surface area contributed by atoms with Crippen molar-refractivity contribution in [3.8, 4) is 0 Å². The third-order valence-electron chi connectivity index (χ3n) is 2.75. The second kappa shape index (κ2) is 5.92. The number of para-hydroxylation sites is 1. The molecule has 0 atom stereocenters. The van der Waals surface area contributed by atoms with Crippen LogP contribution in [-0.2, 0) is 10.0 Å². The number of carbonyl (C=O) groups excluding carboxylic acids is 1. The standard InChI is InChI=1S/C13H15N3O3S2/c1-9-14-11(8-20-9)13(17)15-10-6-4-5-7-12(10)21(18,19)16(2)3/h4-8H,1-3H3,(H,15,17). The molecule has 0 fully saturated rings. The zero-order valence-corrected chi connectivity index (χ0v) is 13.5. The molecular formula is C13H15N3O3S2. The Balaban J connectivity index is 2.36. The van der Waals surface area contributed by atoms with Gasteiger partial charge in [-0.25, -0.2) is 17.7 Å². The number of aromatic nitrogens is 1. The second-order valence-electron chi connectivity index (χ2n) is 4.49. The Bertz CT molecular complexity index is 766. The molecule has 21 heavy (non-hydrogen) atoms. The first-order valence-electron chi connectivity index (χ1n) is 6.07. The summed E-state index contributed by atoms with van der Waals surface area (Å²) in [4.78, 5) is 16.2. The van der Waals surface area contributed by atoms with Crippen molar-refractivity contribution in [3.63, 3.8) is 0 Å². The first-order chi connectivity index (χ1) is 9.82. The zero-order chi connectivity index (χ0) is 15.6. The Morgan fingerprint density at radius 1 is 1.29 bits per heavy atom. The molecule has 1 aromatic carbocycles. The minimum atomic E-state index is -3.63. The van der Waals surface area contributed by atoms with Gasteiger partial charge in [-0.1, -0.05) is 12.1 Å². The lowest BCUT2D eigenvalue weighted by molar-refractivity contribution is 0.102. The summed E-state index contributed by atoms with van der Waals surface area (Å²) >= 11 is 1.36. The number of aryl methyl sites for hydroxylation is 1. The molecule has 0 unspecified atom stereocenters. The Labute approximate surface area is 127 Å². The average molecular weight is 325 g/mol. The van der Waals surface area contributed by atoms with E-state index in [-0.39, 0.29) is 16.3 Å². The number of amides is 1. The normalized spacial score (nSPS) is 11.6. The van der Waals surface area contributed by atoms with Gasteiger partial charge in [0.2, 0.25) is 10.0 Å². The SMILES string of the molecule is Cc1nc(C(=O)Nc2ccccc2S(=O)(=O)N(C)C)cs1. The van der Waals surface area contributed by atoms with E-state index in [0.29, 0.717) is 0 Å². The largest absolute Gasteiger partial charge is 0.319 e. The van der Waals surface area contributed by atoms with Crippen molar-refractivity contribution in [1.29, 1.82) is 0 Å². The predicted molar refractivity (Wildman–Crippen MR) is 82.1 cm³/mol. The quantitative estimate of drug-likeness (QED) is 0.932. The number of carbonyl (C=O) groups is 1. The molecule has 8 heteroatoms. The molecule has 0 aliphatic heterocycles. The van der Waals surface area contributed by atoms with Gasteiger partial charge in [-0.3, -0.25) is 4.79 Å². The van der Waals surface area contributed by atoms with Gasteiger partial charge >= 0.3 is 0 Å². The van der Waals surface area contributed by atoms with Crippen LogP contribution in [-0.4, -0.2) is 37.7 Å². The minimum Gasteiger partial charge on any atom is -0.319 e. The number of anilines is 1. The molecule has 0 saturated heterocycles. The van der Waals surface area contributed by atoms with E-state index >= 15 is 0 Å². The molecule has 0 aliphatic rings. The fourth-order valence-electron chi connectivity index (χ4n) is 1.65. The topological polar surface area (TPSA) is 79.4 Å². The molecule has 2 aromatic rings. The summed E-state index contributed by atoms with van der Waals surface area (Å²) in [6, 6.07) is 6.28. The molecule has 1 amide bonds. The van der Waals surface area contributed by atoms with Crippen LogP contribution in [0, 0.1) is 6.92 Å². The lowest BCUT2D eigenvalue weighted by atomic mass is 10.3. The number of nitrogens with one attached hydrogen (secondary N) is 1. The molecule has 112 valence electrons. The summed E-state index contributed by atoms with van der Waals surface area (Å²) in [7, 11) is -0.745. The van der Waals surface area contributed by atoms with Gasteiger partial charge in [0.1, 0.15) is 10.6 Å². The molecule has 0 radical (unpaired) electrons. The Morgan fingerprint density at radius 3 is 2.52 bits per heavy atom. The Hall–Kier alpha value is -1.77. The Kier molecular flexibility index (Phi) is 4.40. The van der Waals surface area contributed by atoms with Crippen molar-refractivity contribution in [2.45, 2.75) is 11.8 Å². The summed E-state index contributed by atoms with van der Waals surface area (Å²) < 4.78 is 25.6. The molecule has 0 bridgehead atoms. The van der Waals surface area contributed by atoms with Crippen LogP contribution in [0.1, 0.15) is 15.5 Å². The van der Waals surface area contributed by atoms with Crippen molar-refractivity contribution in [2.24, 2.45) is 0 Å². The predicted octanol–water partition coefficient (Wildman–Crippen LogP) is 1.95. The number of hydrogen-bond acceptors (Lipinski definition) is 5. The van der Waals surface area contributed by atoms with Gasteiger partial charge in [0, 0.05) is 19.5 Å². The highest BCUT2D eigenvalue weighted by Crippen LogP contribution is 2.23. The van der Waals surface area contributed by atoms with Crippen molar-refractivity contribution >= 4 is 33.0 Å². The highest BCUT2D eigenvalue weighted by molar-refractivity contribution is 7.89. The van der Waals surface area contributed by atoms with Crippen LogP contribution in [0.2, 0.25) is 0 Å². The summed E-state index contributed by atoms with van der Waals surface area (Å²) in [5, 5.41) is 5.01. The maximum absolute atomic E-state index is 12.2. The van der Waals surface area contributed by atoms with Crippen molar-refractivity contribution in [1.82, 2.24) is 9.29 Å². The number of rotatable bonds is 4. The molecular weight excluding hydrogens is 310 g/mol. The van der Waals surface area contributed by atoms with E-state index in [2.05, 4.69) is 10.3 Å². The highest BCUT2D eigenvalue weighted by Gasteiger charge is 2.22. The summed E-state index contributed by atoms with van der Waals surface area (Å²) in [5.74, 6) is -0.430. The average Bonchev–Trinajstić information content (AvgIpc) is 2.86. The van der Waals surface area contributed by atoms with Crippen LogP contribution in [0.25, 0.3) is 0 Å². The van der Waals surface area contributed by atoms with Crippen LogP contribution in [0.4, 0.5) is 5.69 Å². The van der Waals surface area contributed by atoms with Gasteiger partial charge in [-0.15, -0.1) is 11.3 Å². The molecule has 1 aromatic heterocycles. The van der Waals surface area contributed by atoms with Gasteiger partial charge in [0.25, 0.3) is 5.91 Å². The maximum atomic E-state index is 12.2. The van der Waals surface area contributed by atoms with Crippen molar-refractivity contribution in [2.75, 3.05) is 19.4 Å². The Morgan fingerprint density at radius 2 is 1.95 bits per heavy atom. The van der Waals surface area contributed by atoms with Gasteiger partial charge in [-0.2, -0.15) is 0 Å². The van der Waals surface area contributed by atoms with Crippen molar-refractivity contribution < 1.29 is 13.2 Å². The molecule has 1 heterocycles. The monoisotopic (exact) mass is 325 g/mol. The van der Waals surface area contributed by atoms with E-state index in [1.165, 1.54) is 31.5 Å². The van der Waals surface area contributed by atoms with E-state index in [4.69, 9.17) is 0 Å². The minimum absolute atomic E-state index is 0.0512. The van der Waals surface area contributed by atoms with E-state index in [1.54, 1.807) is 30.5 Å².